The summed E-state index contributed by atoms with van der Waals surface area (Å²) in [7, 11) is 0. The fourth-order valence-corrected chi connectivity index (χ4v) is 1.75. The van der Waals surface area contributed by atoms with E-state index in [9.17, 15) is 0 Å². The molecular weight excluding hydrogens is 152 g/mol. The van der Waals surface area contributed by atoms with E-state index >= 15 is 0 Å². The molecular formula is C9H12N2O. The summed E-state index contributed by atoms with van der Waals surface area (Å²) in [6.45, 7) is 0. The minimum Gasteiger partial charge on any atom is -0.323 e. The van der Waals surface area contributed by atoms with Gasteiger partial charge in [0.15, 0.2) is 0 Å². The van der Waals surface area contributed by atoms with Crippen LogP contribution in [0.25, 0.3) is 0 Å². The summed E-state index contributed by atoms with van der Waals surface area (Å²) in [5.41, 5.74) is 10.5. The maximum absolute atomic E-state index is 8.78. The van der Waals surface area contributed by atoms with E-state index < -0.39 is 0 Å². The Kier molecular flexibility index (Phi) is 1.84. The van der Waals surface area contributed by atoms with E-state index in [2.05, 4.69) is 5.48 Å². The molecule has 1 aliphatic rings. The van der Waals surface area contributed by atoms with Gasteiger partial charge in [-0.2, -0.15) is 0 Å². The molecule has 0 heterocycles. The lowest BCUT2D eigenvalue weighted by Gasteiger charge is -2.12. The van der Waals surface area contributed by atoms with Crippen molar-refractivity contribution >= 4 is 0 Å². The average Bonchev–Trinajstić information content (AvgIpc) is 2.44. The van der Waals surface area contributed by atoms with Crippen LogP contribution in [0.3, 0.4) is 0 Å². The Bertz CT molecular complexity index is 288. The number of hydroxylamine groups is 1. The van der Waals surface area contributed by atoms with Gasteiger partial charge < -0.3 is 10.9 Å². The number of hydrogen-bond acceptors (Lipinski definition) is 3. The molecule has 0 amide bonds. The molecule has 3 nitrogen and oxygen atoms in total. The predicted molar refractivity (Wildman–Crippen MR) is 45.8 cm³/mol. The smallest absolute Gasteiger partial charge is 0.0553 e. The summed E-state index contributed by atoms with van der Waals surface area (Å²) >= 11 is 0. The van der Waals surface area contributed by atoms with Gasteiger partial charge in [0.1, 0.15) is 0 Å². The third-order valence-electron chi connectivity index (χ3n) is 2.45. The standard InChI is InChI=1S/C9H12N2O/c10-9-7-4-2-1-3-6(7)5-8(9)11-12/h1-4,8-9,11-12H,5,10H2/t8-,9?/m1/s1. The SMILES string of the molecule is NC1c2ccccc2C[C@H]1NO. The number of nitrogens with two attached hydrogens (primary N) is 1. The summed E-state index contributed by atoms with van der Waals surface area (Å²) in [6, 6.07) is 7.92. The van der Waals surface area contributed by atoms with Crippen molar-refractivity contribution in [3.8, 4) is 0 Å². The molecule has 1 aliphatic carbocycles. The van der Waals surface area contributed by atoms with Gasteiger partial charge in [-0.25, -0.2) is 5.48 Å². The molecule has 1 aromatic rings. The Labute approximate surface area is 71.2 Å². The first-order valence-corrected chi connectivity index (χ1v) is 4.06. The molecule has 0 spiro atoms. The Balaban J connectivity index is 2.35. The number of fused-ring (bicyclic) bond motifs is 1. The van der Waals surface area contributed by atoms with E-state index in [1.165, 1.54) is 5.56 Å². The molecule has 0 aromatic heterocycles. The lowest BCUT2D eigenvalue weighted by Crippen LogP contribution is -2.34. The van der Waals surface area contributed by atoms with Crippen LogP contribution in [0.2, 0.25) is 0 Å². The highest BCUT2D eigenvalue weighted by molar-refractivity contribution is 5.36. The summed E-state index contributed by atoms with van der Waals surface area (Å²) < 4.78 is 0. The van der Waals surface area contributed by atoms with Crippen LogP contribution in [0.1, 0.15) is 17.2 Å². The zero-order chi connectivity index (χ0) is 8.55. The van der Waals surface area contributed by atoms with Crippen molar-refractivity contribution in [2.45, 2.75) is 18.5 Å². The fourth-order valence-electron chi connectivity index (χ4n) is 1.75. The van der Waals surface area contributed by atoms with Crippen LogP contribution in [-0.2, 0) is 6.42 Å². The van der Waals surface area contributed by atoms with E-state index in [-0.39, 0.29) is 12.1 Å². The van der Waals surface area contributed by atoms with Crippen molar-refractivity contribution in [2.24, 2.45) is 5.73 Å². The van der Waals surface area contributed by atoms with Crippen molar-refractivity contribution in [1.82, 2.24) is 5.48 Å². The number of rotatable bonds is 1. The molecule has 1 unspecified atom stereocenters. The molecule has 0 bridgehead atoms. The number of hydrogen-bond donors (Lipinski definition) is 3. The van der Waals surface area contributed by atoms with E-state index in [0.29, 0.717) is 0 Å². The number of nitrogens with one attached hydrogen (secondary N) is 1. The third-order valence-corrected chi connectivity index (χ3v) is 2.45. The molecule has 0 saturated heterocycles. The van der Waals surface area contributed by atoms with Crippen molar-refractivity contribution in [1.29, 1.82) is 0 Å². The van der Waals surface area contributed by atoms with Gasteiger partial charge in [-0.1, -0.05) is 24.3 Å². The van der Waals surface area contributed by atoms with Crippen LogP contribution < -0.4 is 11.2 Å². The quantitative estimate of drug-likeness (QED) is 0.532. The second-order valence-corrected chi connectivity index (χ2v) is 3.16. The molecule has 2 rings (SSSR count). The normalized spacial score (nSPS) is 27.2. The van der Waals surface area contributed by atoms with Crippen LogP contribution in [0.4, 0.5) is 0 Å². The van der Waals surface area contributed by atoms with Gasteiger partial charge in [-0.05, 0) is 17.5 Å². The maximum atomic E-state index is 8.78. The van der Waals surface area contributed by atoms with E-state index in [0.717, 1.165) is 12.0 Å². The first-order valence-electron chi connectivity index (χ1n) is 4.06. The van der Waals surface area contributed by atoms with Crippen molar-refractivity contribution in [2.75, 3.05) is 0 Å². The van der Waals surface area contributed by atoms with Crippen molar-refractivity contribution < 1.29 is 5.21 Å². The molecule has 1 aromatic carbocycles. The molecule has 0 fully saturated rings. The Morgan fingerprint density at radius 2 is 2.17 bits per heavy atom. The molecule has 4 N–H and O–H groups in total. The highest BCUT2D eigenvalue weighted by Gasteiger charge is 2.28. The van der Waals surface area contributed by atoms with Crippen molar-refractivity contribution in [3.05, 3.63) is 35.4 Å². The monoisotopic (exact) mass is 164 g/mol. The van der Waals surface area contributed by atoms with Crippen LogP contribution in [0.5, 0.6) is 0 Å². The molecule has 12 heavy (non-hydrogen) atoms. The summed E-state index contributed by atoms with van der Waals surface area (Å²) in [5, 5.41) is 8.78. The summed E-state index contributed by atoms with van der Waals surface area (Å²) in [5.74, 6) is 0. The van der Waals surface area contributed by atoms with E-state index in [4.69, 9.17) is 10.9 Å². The van der Waals surface area contributed by atoms with Gasteiger partial charge in [0, 0.05) is 6.04 Å². The lowest BCUT2D eigenvalue weighted by atomic mass is 10.1. The predicted octanol–water partition coefficient (Wildman–Crippen LogP) is 0.590. The molecule has 0 saturated carbocycles. The molecule has 2 atom stereocenters. The van der Waals surface area contributed by atoms with E-state index in [1.54, 1.807) is 0 Å². The zero-order valence-corrected chi connectivity index (χ0v) is 6.70. The van der Waals surface area contributed by atoms with Gasteiger partial charge in [0.05, 0.1) is 6.04 Å². The van der Waals surface area contributed by atoms with Gasteiger partial charge in [0.2, 0.25) is 0 Å². The zero-order valence-electron chi connectivity index (χ0n) is 6.70. The van der Waals surface area contributed by atoms with E-state index in [1.807, 2.05) is 24.3 Å². The van der Waals surface area contributed by atoms with Gasteiger partial charge in [-0.15, -0.1) is 0 Å². The molecule has 0 radical (unpaired) electrons. The average molecular weight is 164 g/mol. The molecule has 3 heteroatoms. The fraction of sp³-hybridized carbons (Fsp3) is 0.333. The van der Waals surface area contributed by atoms with Gasteiger partial charge >= 0.3 is 0 Å². The Morgan fingerprint density at radius 1 is 1.42 bits per heavy atom. The third kappa shape index (κ3) is 1.03. The van der Waals surface area contributed by atoms with Gasteiger partial charge in [0.25, 0.3) is 0 Å². The second kappa shape index (κ2) is 2.86. The largest absolute Gasteiger partial charge is 0.323 e. The van der Waals surface area contributed by atoms with Crippen LogP contribution in [-0.4, -0.2) is 11.2 Å². The van der Waals surface area contributed by atoms with Crippen LogP contribution >= 0.6 is 0 Å². The lowest BCUT2D eigenvalue weighted by molar-refractivity contribution is 0.119. The van der Waals surface area contributed by atoms with Crippen LogP contribution in [0.15, 0.2) is 24.3 Å². The van der Waals surface area contributed by atoms with Crippen LogP contribution in [0, 0.1) is 0 Å². The summed E-state index contributed by atoms with van der Waals surface area (Å²) in [6.07, 6.45) is 0.813. The second-order valence-electron chi connectivity index (χ2n) is 3.16. The highest BCUT2D eigenvalue weighted by Crippen LogP contribution is 2.28. The maximum Gasteiger partial charge on any atom is 0.0553 e. The molecule has 0 aliphatic heterocycles. The van der Waals surface area contributed by atoms with Crippen molar-refractivity contribution in [3.63, 3.8) is 0 Å². The Hall–Kier alpha value is -0.900. The van der Waals surface area contributed by atoms with Gasteiger partial charge in [-0.3, -0.25) is 0 Å². The molecule has 64 valence electrons. The first kappa shape index (κ1) is 7.73. The minimum absolute atomic E-state index is 0.0256. The number of benzene rings is 1. The minimum atomic E-state index is -0.0776. The highest BCUT2D eigenvalue weighted by atomic mass is 16.5. The first-order chi connectivity index (χ1) is 5.83. The Morgan fingerprint density at radius 3 is 2.83 bits per heavy atom. The summed E-state index contributed by atoms with van der Waals surface area (Å²) in [4.78, 5) is 0. The topological polar surface area (TPSA) is 58.3 Å².